The minimum atomic E-state index is -0.522. The summed E-state index contributed by atoms with van der Waals surface area (Å²) in [6, 6.07) is 22.4. The van der Waals surface area contributed by atoms with Gasteiger partial charge < -0.3 is 14.3 Å². The van der Waals surface area contributed by atoms with Gasteiger partial charge in [0.05, 0.1) is 30.3 Å². The first-order valence-electron chi connectivity index (χ1n) is 10.9. The fraction of sp³-hybridized carbons (Fsp3) is 0.231. The first kappa shape index (κ1) is 23.4. The molecule has 1 aliphatic carbocycles. The maximum Gasteiger partial charge on any atom is 0.338 e. The Labute approximate surface area is 201 Å². The number of carbonyl (C=O) groups is 3. The molecule has 1 unspecified atom stereocenters. The highest BCUT2D eigenvalue weighted by Gasteiger charge is 2.48. The van der Waals surface area contributed by atoms with Gasteiger partial charge in [0.25, 0.3) is 0 Å². The number of aromatic nitrogens is 1. The molecule has 2 aromatic carbocycles. The Morgan fingerprint density at radius 2 is 1.35 bits per heavy atom. The van der Waals surface area contributed by atoms with Crippen molar-refractivity contribution >= 4 is 30.1 Å². The third-order valence-corrected chi connectivity index (χ3v) is 6.13. The van der Waals surface area contributed by atoms with E-state index in [0.29, 0.717) is 22.2 Å². The normalized spacial score (nSPS) is 18.9. The van der Waals surface area contributed by atoms with Crippen molar-refractivity contribution in [3.05, 3.63) is 101 Å². The minimum absolute atomic E-state index is 0.00123. The maximum atomic E-state index is 12.8. The van der Waals surface area contributed by atoms with E-state index >= 15 is 0 Å². The number of pyridine rings is 1. The van der Waals surface area contributed by atoms with E-state index < -0.39 is 23.8 Å². The van der Waals surface area contributed by atoms with Crippen LogP contribution >= 0.6 is 12.2 Å². The number of ether oxygens (including phenoxy) is 2. The van der Waals surface area contributed by atoms with E-state index in [1.54, 1.807) is 79.0 Å². The highest BCUT2D eigenvalue weighted by Crippen LogP contribution is 2.41. The summed E-state index contributed by atoms with van der Waals surface area (Å²) >= 11 is 5.18. The van der Waals surface area contributed by atoms with Gasteiger partial charge in [-0.3, -0.25) is 0 Å². The van der Waals surface area contributed by atoms with E-state index in [-0.39, 0.29) is 25.0 Å². The van der Waals surface area contributed by atoms with Gasteiger partial charge in [-0.05, 0) is 42.8 Å². The second kappa shape index (κ2) is 10.9. The van der Waals surface area contributed by atoms with Gasteiger partial charge in [-0.2, -0.15) is 4.73 Å². The van der Waals surface area contributed by atoms with Gasteiger partial charge in [0, 0.05) is 18.0 Å². The predicted molar refractivity (Wildman–Crippen MR) is 125 cm³/mol. The van der Waals surface area contributed by atoms with Crippen molar-refractivity contribution in [2.45, 2.75) is 6.42 Å². The Morgan fingerprint density at radius 1 is 0.794 bits per heavy atom. The van der Waals surface area contributed by atoms with Crippen LogP contribution in [0, 0.1) is 22.4 Å². The molecule has 7 nitrogen and oxygen atoms in total. The van der Waals surface area contributed by atoms with Crippen molar-refractivity contribution in [1.82, 2.24) is 4.73 Å². The largest absolute Gasteiger partial charge is 0.462 e. The molecule has 34 heavy (non-hydrogen) atoms. The lowest BCUT2D eigenvalue weighted by molar-refractivity contribution is -0.162. The molecule has 0 radical (unpaired) electrons. The summed E-state index contributed by atoms with van der Waals surface area (Å²) < 4.78 is 12.5. The quantitative estimate of drug-likeness (QED) is 0.356. The van der Waals surface area contributed by atoms with E-state index in [2.05, 4.69) is 0 Å². The van der Waals surface area contributed by atoms with Crippen molar-refractivity contribution in [2.75, 3.05) is 13.2 Å². The topological polar surface area (TPSA) is 83.8 Å². The summed E-state index contributed by atoms with van der Waals surface area (Å²) in [7, 11) is 0. The Morgan fingerprint density at radius 3 is 1.94 bits per heavy atom. The number of rotatable bonds is 8. The highest BCUT2D eigenvalue weighted by molar-refractivity contribution is 7.71. The smallest absolute Gasteiger partial charge is 0.338 e. The monoisotopic (exact) mass is 477 g/mol. The van der Waals surface area contributed by atoms with Gasteiger partial charge in [0.2, 0.25) is 0 Å². The zero-order valence-electron chi connectivity index (χ0n) is 18.2. The number of carbonyl (C=O) groups excluding carboxylic acids is 3. The van der Waals surface area contributed by atoms with E-state index in [0.717, 1.165) is 0 Å². The third kappa shape index (κ3) is 5.58. The van der Waals surface area contributed by atoms with Crippen LogP contribution in [0.3, 0.4) is 0 Å². The van der Waals surface area contributed by atoms with Crippen LogP contribution in [-0.4, -0.2) is 35.9 Å². The number of nitrogens with zero attached hydrogens (tertiary/aromatic N) is 1. The minimum Gasteiger partial charge on any atom is -0.462 e. The summed E-state index contributed by atoms with van der Waals surface area (Å²) in [6.07, 6.45) is 2.00. The molecule has 0 spiro atoms. The van der Waals surface area contributed by atoms with Crippen LogP contribution in [-0.2, 0) is 14.3 Å². The van der Waals surface area contributed by atoms with Gasteiger partial charge in [-0.15, -0.1) is 0 Å². The van der Waals surface area contributed by atoms with Crippen LogP contribution in [0.4, 0.5) is 0 Å². The summed E-state index contributed by atoms with van der Waals surface area (Å²) in [5.74, 6) is -2.44. The molecule has 4 rings (SSSR count). The van der Waals surface area contributed by atoms with Gasteiger partial charge >= 0.3 is 17.9 Å². The third-order valence-electron chi connectivity index (χ3n) is 5.81. The summed E-state index contributed by atoms with van der Waals surface area (Å²) in [5, 5.41) is 0. The lowest BCUT2D eigenvalue weighted by Crippen LogP contribution is -2.49. The Hall–Kier alpha value is -3.78. The van der Waals surface area contributed by atoms with Crippen molar-refractivity contribution in [1.29, 1.82) is 0 Å². The Balaban J connectivity index is 1.41. The average Bonchev–Trinajstić information content (AvgIpc) is 2.85. The van der Waals surface area contributed by atoms with Crippen LogP contribution in [0.2, 0.25) is 0 Å². The van der Waals surface area contributed by atoms with E-state index in [9.17, 15) is 14.4 Å². The SMILES string of the molecule is O=C(OC[C@H]1CC(C(=O)On2ccccc2=S)[C@@H]1COC(=O)c1ccccc1)c1ccccc1. The molecule has 0 bridgehead atoms. The molecule has 8 heteroatoms. The van der Waals surface area contributed by atoms with Crippen LogP contribution in [0.15, 0.2) is 85.1 Å². The average molecular weight is 478 g/mol. The molecule has 0 amide bonds. The number of benzene rings is 2. The van der Waals surface area contributed by atoms with Crippen molar-refractivity contribution in [2.24, 2.45) is 17.8 Å². The second-order valence-corrected chi connectivity index (χ2v) is 8.39. The molecule has 0 N–H and O–H groups in total. The maximum absolute atomic E-state index is 12.8. The van der Waals surface area contributed by atoms with Gasteiger partial charge in [0.1, 0.15) is 4.64 Å². The van der Waals surface area contributed by atoms with Crippen molar-refractivity contribution in [3.63, 3.8) is 0 Å². The molecule has 1 heterocycles. The summed E-state index contributed by atoms with van der Waals surface area (Å²) in [4.78, 5) is 43.0. The molecule has 3 aromatic rings. The lowest BCUT2D eigenvalue weighted by atomic mass is 9.65. The number of esters is 2. The molecule has 1 fully saturated rings. The predicted octanol–water partition coefficient (Wildman–Crippen LogP) is 4.14. The summed E-state index contributed by atoms with van der Waals surface area (Å²) in [6.45, 7) is 0.108. The van der Waals surface area contributed by atoms with Crippen LogP contribution in [0.25, 0.3) is 0 Å². The summed E-state index contributed by atoms with van der Waals surface area (Å²) in [5.41, 5.74) is 0.867. The lowest BCUT2D eigenvalue weighted by Gasteiger charge is -2.42. The molecule has 0 saturated heterocycles. The molecule has 1 saturated carbocycles. The first-order chi connectivity index (χ1) is 16.5. The fourth-order valence-electron chi connectivity index (χ4n) is 3.85. The number of hydrogen-bond donors (Lipinski definition) is 0. The number of hydrogen-bond acceptors (Lipinski definition) is 7. The molecule has 1 aromatic heterocycles. The van der Waals surface area contributed by atoms with Gasteiger partial charge in [-0.25, -0.2) is 14.4 Å². The molecule has 0 aliphatic heterocycles. The van der Waals surface area contributed by atoms with Crippen molar-refractivity contribution < 1.29 is 28.7 Å². The molecule has 3 atom stereocenters. The van der Waals surface area contributed by atoms with Crippen LogP contribution in [0.5, 0.6) is 0 Å². The second-order valence-electron chi connectivity index (χ2n) is 7.97. The van der Waals surface area contributed by atoms with E-state index in [4.69, 9.17) is 26.5 Å². The molecule has 1 aliphatic rings. The zero-order chi connectivity index (χ0) is 23.9. The standard InChI is InChI=1S/C26H23NO6S/c28-24(18-9-3-1-4-10-18)31-16-20-15-21(26(30)33-27-14-8-7-13-23(27)34)22(20)17-32-25(29)19-11-5-2-6-12-19/h1-14,20-22H,15-17H2/t20-,21?,22-/m1/s1. The van der Waals surface area contributed by atoms with E-state index in [1.165, 1.54) is 4.73 Å². The molecular weight excluding hydrogens is 454 g/mol. The molecule has 174 valence electrons. The highest BCUT2D eigenvalue weighted by atomic mass is 32.1. The first-order valence-corrected chi connectivity index (χ1v) is 11.3. The zero-order valence-corrected chi connectivity index (χ0v) is 19.1. The van der Waals surface area contributed by atoms with Gasteiger partial charge in [0.15, 0.2) is 0 Å². The van der Waals surface area contributed by atoms with Crippen molar-refractivity contribution in [3.8, 4) is 0 Å². The Bertz CT molecular complexity index is 1210. The van der Waals surface area contributed by atoms with E-state index in [1.807, 2.05) is 6.07 Å². The fourth-order valence-corrected chi connectivity index (χ4v) is 4.02. The molecular formula is C26H23NO6S. The van der Waals surface area contributed by atoms with Crippen LogP contribution in [0.1, 0.15) is 27.1 Å². The van der Waals surface area contributed by atoms with Gasteiger partial charge in [-0.1, -0.05) is 54.7 Å². The Kier molecular flexibility index (Phi) is 7.49. The van der Waals surface area contributed by atoms with Crippen LogP contribution < -0.4 is 4.84 Å².